The van der Waals surface area contributed by atoms with Gasteiger partial charge < -0.3 is 30.3 Å². The van der Waals surface area contributed by atoms with Crippen molar-refractivity contribution in [1.82, 2.24) is 4.90 Å². The van der Waals surface area contributed by atoms with Crippen molar-refractivity contribution < 1.29 is 28.5 Å². The Hall–Kier alpha value is -2.84. The first-order chi connectivity index (χ1) is 16.1. The van der Waals surface area contributed by atoms with Crippen molar-refractivity contribution in [3.63, 3.8) is 0 Å². The van der Waals surface area contributed by atoms with Crippen LogP contribution in [0.25, 0.3) is 0 Å². The molecule has 2 atom stereocenters. The molecule has 0 spiro atoms. The van der Waals surface area contributed by atoms with Crippen LogP contribution in [0.15, 0.2) is 34.3 Å². The Balaban J connectivity index is 2.03. The number of carbonyl (C=O) groups excluding carboxylic acids is 2. The van der Waals surface area contributed by atoms with E-state index in [1.165, 1.54) is 13.2 Å². The van der Waals surface area contributed by atoms with Crippen molar-refractivity contribution in [2.75, 3.05) is 25.6 Å². The molecule has 2 unspecified atom stereocenters. The fourth-order valence-corrected chi connectivity index (χ4v) is 5.65. The molecule has 0 aromatic heterocycles. The molecule has 11 heteroatoms. The highest BCUT2D eigenvalue weighted by atomic mass is 31.2. The molecule has 2 aliphatic heterocycles. The summed E-state index contributed by atoms with van der Waals surface area (Å²) in [4.78, 5) is 26.3. The first-order valence-electron chi connectivity index (χ1n) is 11.4. The number of fused-ring (bicyclic) bond motifs is 1. The van der Waals surface area contributed by atoms with Crippen molar-refractivity contribution in [3.05, 3.63) is 29.5 Å². The summed E-state index contributed by atoms with van der Waals surface area (Å²) in [5.74, 6) is -0.896. The number of anilines is 1. The van der Waals surface area contributed by atoms with Gasteiger partial charge in [0, 0.05) is 13.7 Å². The second-order valence-electron chi connectivity index (χ2n) is 11.0. The van der Waals surface area contributed by atoms with Crippen molar-refractivity contribution in [2.45, 2.75) is 54.0 Å². The zero-order chi connectivity index (χ0) is 26.3. The van der Waals surface area contributed by atoms with E-state index in [4.69, 9.17) is 15.0 Å². The highest BCUT2D eigenvalue weighted by Crippen LogP contribution is 2.52. The molecule has 4 N–H and O–H groups in total. The van der Waals surface area contributed by atoms with Crippen LogP contribution in [0.5, 0.6) is 5.75 Å². The first kappa shape index (κ1) is 26.8. The predicted octanol–water partition coefficient (Wildman–Crippen LogP) is 3.34. The van der Waals surface area contributed by atoms with Gasteiger partial charge in [-0.15, -0.1) is 0 Å². The number of hydrogen-bond acceptors (Lipinski definition) is 7. The molecule has 2 heterocycles. The third-order valence-electron chi connectivity index (χ3n) is 5.85. The fourth-order valence-electron chi connectivity index (χ4n) is 4.13. The Bertz CT molecular complexity index is 1150. The summed E-state index contributed by atoms with van der Waals surface area (Å²) in [5, 5.41) is 14.5. The molecule has 0 fully saturated rings. The number of nitrogens with two attached hydrogens (primary N) is 1. The van der Waals surface area contributed by atoms with Gasteiger partial charge in [0.2, 0.25) is 0 Å². The summed E-state index contributed by atoms with van der Waals surface area (Å²) >= 11 is 0. The summed E-state index contributed by atoms with van der Waals surface area (Å²) in [5.41, 5.74) is 5.03. The summed E-state index contributed by atoms with van der Waals surface area (Å²) < 4.78 is 28.6. The Morgan fingerprint density at radius 3 is 2.46 bits per heavy atom. The lowest BCUT2D eigenvalue weighted by molar-refractivity contribution is -0.128. The standard InChI is InChI=1S/C24H35N4O6P/c1-23(2,3)10-11-28-20(24(4,5)6)19(30)18(22(28)31)21-26-15-9-8-14(34-13-17(25)29)12-16(15)35(32,27-21)33-7/h8-9,12,20,30H,10-11,13H2,1-7H3,(H2,25,29)(H,26,27,32). The molecule has 3 rings (SSSR count). The van der Waals surface area contributed by atoms with Crippen LogP contribution in [0.1, 0.15) is 48.0 Å². The number of aliphatic hydroxyl groups is 1. The van der Waals surface area contributed by atoms with E-state index in [9.17, 15) is 19.3 Å². The normalized spacial score (nSPS) is 22.6. The summed E-state index contributed by atoms with van der Waals surface area (Å²) in [7, 11) is -2.57. The van der Waals surface area contributed by atoms with Gasteiger partial charge in [0.15, 0.2) is 12.4 Å². The van der Waals surface area contributed by atoms with E-state index in [1.807, 2.05) is 20.8 Å². The number of nitrogens with zero attached hydrogens (tertiary/aromatic N) is 2. The van der Waals surface area contributed by atoms with Crippen LogP contribution in [0.3, 0.4) is 0 Å². The second kappa shape index (κ2) is 9.32. The quantitative estimate of drug-likeness (QED) is 0.481. The van der Waals surface area contributed by atoms with Gasteiger partial charge in [-0.2, -0.15) is 4.76 Å². The number of nitrogens with one attached hydrogen (secondary N) is 1. The molecule has 2 amide bonds. The average Bonchev–Trinajstić information content (AvgIpc) is 2.99. The third kappa shape index (κ3) is 5.54. The van der Waals surface area contributed by atoms with Gasteiger partial charge in [-0.3, -0.25) is 14.2 Å². The highest BCUT2D eigenvalue weighted by Gasteiger charge is 2.48. The molecule has 0 aliphatic carbocycles. The Morgan fingerprint density at radius 2 is 1.91 bits per heavy atom. The van der Waals surface area contributed by atoms with E-state index in [2.05, 4.69) is 30.9 Å². The SMILES string of the molecule is COP1(=O)N=C(C2=C(O)C(C(C)(C)C)N(CCC(C)(C)C)C2=O)Nc2ccc(OCC(N)=O)cc21. The van der Waals surface area contributed by atoms with Crippen LogP contribution in [-0.4, -0.2) is 54.0 Å². The van der Waals surface area contributed by atoms with Crippen molar-refractivity contribution in [3.8, 4) is 5.75 Å². The molecule has 0 bridgehead atoms. The Morgan fingerprint density at radius 1 is 1.26 bits per heavy atom. The molecule has 192 valence electrons. The third-order valence-corrected chi connectivity index (χ3v) is 7.79. The van der Waals surface area contributed by atoms with Crippen LogP contribution < -0.4 is 21.1 Å². The molecule has 2 aliphatic rings. The number of benzene rings is 1. The van der Waals surface area contributed by atoms with E-state index < -0.39 is 24.9 Å². The smallest absolute Gasteiger partial charge is 0.348 e. The van der Waals surface area contributed by atoms with Gasteiger partial charge in [-0.05, 0) is 35.4 Å². The molecular formula is C24H35N4O6P. The predicted molar refractivity (Wildman–Crippen MR) is 135 cm³/mol. The summed E-state index contributed by atoms with van der Waals surface area (Å²) in [6, 6.07) is 4.04. The van der Waals surface area contributed by atoms with E-state index in [0.29, 0.717) is 12.2 Å². The Kier molecular flexibility index (Phi) is 7.12. The lowest BCUT2D eigenvalue weighted by atomic mass is 9.84. The van der Waals surface area contributed by atoms with Crippen molar-refractivity contribution in [1.29, 1.82) is 0 Å². The minimum atomic E-state index is -3.83. The summed E-state index contributed by atoms with van der Waals surface area (Å²) in [6.45, 7) is 12.2. The first-order valence-corrected chi connectivity index (χ1v) is 13.0. The zero-order valence-electron chi connectivity index (χ0n) is 21.3. The lowest BCUT2D eigenvalue weighted by Crippen LogP contribution is -2.45. The molecule has 1 aromatic carbocycles. The second-order valence-corrected chi connectivity index (χ2v) is 13.1. The van der Waals surface area contributed by atoms with E-state index >= 15 is 0 Å². The molecule has 35 heavy (non-hydrogen) atoms. The number of rotatable bonds is 7. The van der Waals surface area contributed by atoms with Gasteiger partial charge >= 0.3 is 7.52 Å². The van der Waals surface area contributed by atoms with Crippen LogP contribution in [0.2, 0.25) is 0 Å². The lowest BCUT2D eigenvalue weighted by Gasteiger charge is -2.36. The van der Waals surface area contributed by atoms with Crippen LogP contribution >= 0.6 is 7.52 Å². The number of carbonyl (C=O) groups is 2. The monoisotopic (exact) mass is 506 g/mol. The zero-order valence-corrected chi connectivity index (χ0v) is 22.2. The maximum Gasteiger partial charge on any atom is 0.348 e. The number of amidine groups is 1. The van der Waals surface area contributed by atoms with E-state index in [-0.39, 0.29) is 46.2 Å². The minimum absolute atomic E-state index is 0.0107. The number of aliphatic hydroxyl groups excluding tert-OH is 1. The number of amides is 2. The van der Waals surface area contributed by atoms with Crippen LogP contribution in [0, 0.1) is 10.8 Å². The highest BCUT2D eigenvalue weighted by molar-refractivity contribution is 7.66. The van der Waals surface area contributed by atoms with Crippen molar-refractivity contribution in [2.24, 2.45) is 21.3 Å². The molecule has 0 saturated heterocycles. The van der Waals surface area contributed by atoms with Crippen LogP contribution in [-0.2, 0) is 18.7 Å². The number of ether oxygens (including phenoxy) is 1. The molecule has 10 nitrogen and oxygen atoms in total. The molecule has 0 radical (unpaired) electrons. The van der Waals surface area contributed by atoms with Crippen molar-refractivity contribution >= 4 is 36.2 Å². The number of primary amides is 1. The van der Waals surface area contributed by atoms with E-state index in [1.54, 1.807) is 17.0 Å². The van der Waals surface area contributed by atoms with Gasteiger partial charge in [0.25, 0.3) is 11.8 Å². The Labute approximate surface area is 206 Å². The maximum atomic E-state index is 13.7. The number of hydrogen-bond donors (Lipinski definition) is 3. The fraction of sp³-hybridized carbons (Fsp3) is 0.542. The largest absolute Gasteiger partial charge is 0.509 e. The average molecular weight is 507 g/mol. The van der Waals surface area contributed by atoms with Gasteiger partial charge in [0.1, 0.15) is 17.1 Å². The molecule has 0 saturated carbocycles. The van der Waals surface area contributed by atoms with E-state index in [0.717, 1.165) is 6.42 Å². The van der Waals surface area contributed by atoms with Gasteiger partial charge in [-0.25, -0.2) is 0 Å². The maximum absolute atomic E-state index is 13.7. The van der Waals surface area contributed by atoms with Gasteiger partial charge in [-0.1, -0.05) is 41.5 Å². The van der Waals surface area contributed by atoms with Gasteiger partial charge in [0.05, 0.1) is 17.0 Å². The molecular weight excluding hydrogens is 471 g/mol. The minimum Gasteiger partial charge on any atom is -0.509 e. The van der Waals surface area contributed by atoms with Crippen LogP contribution in [0.4, 0.5) is 5.69 Å². The molecule has 1 aromatic rings. The topological polar surface area (TPSA) is 144 Å². The summed E-state index contributed by atoms with van der Waals surface area (Å²) in [6.07, 6.45) is 0.735.